The number of hydrogen-bond donors (Lipinski definition) is 2. The van der Waals surface area contributed by atoms with E-state index in [4.69, 9.17) is 14.2 Å². The zero-order chi connectivity index (χ0) is 32.3. The minimum Gasteiger partial charge on any atom is -0.463 e. The van der Waals surface area contributed by atoms with Gasteiger partial charge in [0.15, 0.2) is 0 Å². The first-order chi connectivity index (χ1) is 22.3. The van der Waals surface area contributed by atoms with Gasteiger partial charge in [0.05, 0.1) is 31.1 Å². The summed E-state index contributed by atoms with van der Waals surface area (Å²) >= 11 is 3.60. The number of nitrogens with one attached hydrogen (secondary N) is 1. The maximum Gasteiger partial charge on any atom is 0.306 e. The minimum atomic E-state index is -1.36. The molecule has 13 heteroatoms. The molecule has 5 heterocycles. The SMILES string of the molecule is O=C1CC/C=C\CN(CCN2CCOCC2)C(=O)[C@H]2N(CCCO)C(=O)[C@@H]3[C@@H](C(=O)N[C@@H](c4ccccc4)CO1)[C@@H]1O[C@@]32C=C1Br. The Labute approximate surface area is 276 Å². The van der Waals surface area contributed by atoms with Gasteiger partial charge in [-0.2, -0.15) is 0 Å². The number of allylic oxidation sites excluding steroid dienone is 1. The van der Waals surface area contributed by atoms with E-state index < -0.39 is 47.5 Å². The number of ether oxygens (including phenoxy) is 3. The summed E-state index contributed by atoms with van der Waals surface area (Å²) < 4.78 is 18.3. The molecule has 0 saturated carbocycles. The van der Waals surface area contributed by atoms with Crippen LogP contribution in [0.15, 0.2) is 53.0 Å². The number of carbonyl (C=O) groups is 4. The van der Waals surface area contributed by atoms with E-state index in [1.54, 1.807) is 11.0 Å². The van der Waals surface area contributed by atoms with E-state index in [1.807, 2.05) is 42.5 Å². The maximum atomic E-state index is 14.7. The number of esters is 1. The standard InChI is InChI=1S/C33H41BrN4O8/c34-23-20-33-27-26(28(23)46-33)30(41)35-24(22-8-3-1-4-9-22)21-45-25(40)10-5-2-6-11-37(14-13-36-15-18-44-19-16-36)32(43)29(33)38(31(27)42)12-7-17-39/h1-4,6,8-9,20,24,26-29,39H,5,7,10-19,21H2,(H,35,41)/b6-2-/t24-,26-,27+,28-,29-,33+/m1/s1. The van der Waals surface area contributed by atoms with Crippen molar-refractivity contribution in [1.82, 2.24) is 20.0 Å². The Kier molecular flexibility index (Phi) is 10.2. The minimum absolute atomic E-state index is 0.0731. The van der Waals surface area contributed by atoms with Gasteiger partial charge >= 0.3 is 5.97 Å². The molecule has 3 fully saturated rings. The van der Waals surface area contributed by atoms with Crippen LogP contribution in [0.1, 0.15) is 30.9 Å². The van der Waals surface area contributed by atoms with Gasteiger partial charge in [-0.25, -0.2) is 0 Å². The summed E-state index contributed by atoms with van der Waals surface area (Å²) in [6, 6.07) is 7.55. The molecule has 1 spiro atoms. The van der Waals surface area contributed by atoms with Crippen molar-refractivity contribution in [3.8, 4) is 0 Å². The highest BCUT2D eigenvalue weighted by molar-refractivity contribution is 9.11. The summed E-state index contributed by atoms with van der Waals surface area (Å²) in [6.45, 7) is 3.99. The van der Waals surface area contributed by atoms with Crippen LogP contribution in [0.3, 0.4) is 0 Å². The van der Waals surface area contributed by atoms with Crippen LogP contribution in [0.25, 0.3) is 0 Å². The molecular weight excluding hydrogens is 660 g/mol. The fourth-order valence-electron chi connectivity index (χ4n) is 7.27. The first-order valence-corrected chi connectivity index (χ1v) is 16.9. The largest absolute Gasteiger partial charge is 0.463 e. The summed E-state index contributed by atoms with van der Waals surface area (Å²) in [4.78, 5) is 61.3. The zero-order valence-corrected chi connectivity index (χ0v) is 27.3. The van der Waals surface area contributed by atoms with E-state index in [0.29, 0.717) is 37.2 Å². The van der Waals surface area contributed by atoms with Crippen LogP contribution in [-0.2, 0) is 33.4 Å². The maximum absolute atomic E-state index is 14.7. The smallest absolute Gasteiger partial charge is 0.306 e. The molecule has 0 radical (unpaired) electrons. The lowest BCUT2D eigenvalue weighted by Gasteiger charge is -2.37. The molecular formula is C33H41BrN4O8. The number of hydrogen-bond acceptors (Lipinski definition) is 9. The first-order valence-electron chi connectivity index (χ1n) is 16.1. The lowest BCUT2D eigenvalue weighted by atomic mass is 9.74. The van der Waals surface area contributed by atoms with Gasteiger partial charge in [-0.05, 0) is 24.5 Å². The van der Waals surface area contributed by atoms with E-state index in [1.165, 1.54) is 4.90 Å². The molecule has 2 N–H and O–H groups in total. The Morgan fingerprint density at radius 3 is 2.54 bits per heavy atom. The lowest BCUT2D eigenvalue weighted by molar-refractivity contribution is -0.148. The molecule has 0 aromatic heterocycles. The molecule has 3 saturated heterocycles. The number of cyclic esters (lactones) is 1. The van der Waals surface area contributed by atoms with Gasteiger partial charge in [0.25, 0.3) is 0 Å². The van der Waals surface area contributed by atoms with Gasteiger partial charge in [0.1, 0.15) is 24.4 Å². The van der Waals surface area contributed by atoms with Crippen molar-refractivity contribution in [1.29, 1.82) is 0 Å². The molecule has 0 unspecified atom stereocenters. The third-order valence-electron chi connectivity index (χ3n) is 9.56. The first kappa shape index (κ1) is 32.8. The number of nitrogens with zero attached hydrogens (tertiary/aromatic N) is 3. The van der Waals surface area contributed by atoms with Crippen molar-refractivity contribution < 1.29 is 38.5 Å². The molecule has 1 aromatic carbocycles. The van der Waals surface area contributed by atoms with Gasteiger partial charge < -0.3 is 34.4 Å². The number of fused-ring (bicyclic) bond motifs is 2. The van der Waals surface area contributed by atoms with Crippen molar-refractivity contribution in [2.75, 3.05) is 65.7 Å². The molecule has 1 aromatic rings. The molecule has 6 rings (SSSR count). The van der Waals surface area contributed by atoms with Crippen LogP contribution in [-0.4, -0.2) is 127 Å². The summed E-state index contributed by atoms with van der Waals surface area (Å²) in [5.41, 5.74) is -0.611. The number of carbonyl (C=O) groups excluding carboxylic acids is 4. The number of morpholine rings is 1. The zero-order valence-electron chi connectivity index (χ0n) is 25.7. The predicted octanol–water partition coefficient (Wildman–Crippen LogP) is 1.15. The Bertz CT molecular complexity index is 1370. The lowest BCUT2D eigenvalue weighted by Crippen LogP contribution is -2.57. The third kappa shape index (κ3) is 6.40. The second-order valence-corrected chi connectivity index (χ2v) is 13.3. The summed E-state index contributed by atoms with van der Waals surface area (Å²) in [5, 5.41) is 12.7. The molecule has 5 aliphatic rings. The highest BCUT2D eigenvalue weighted by atomic mass is 79.9. The van der Waals surface area contributed by atoms with Crippen molar-refractivity contribution >= 4 is 39.6 Å². The van der Waals surface area contributed by atoms with Gasteiger partial charge in [0, 0.05) is 56.8 Å². The molecule has 5 bridgehead atoms. The molecule has 46 heavy (non-hydrogen) atoms. The average Bonchev–Trinajstić information content (AvgIpc) is 3.66. The van der Waals surface area contributed by atoms with E-state index in [0.717, 1.165) is 18.7 Å². The van der Waals surface area contributed by atoms with Gasteiger partial charge in [-0.1, -0.05) is 58.4 Å². The normalized spacial score (nSPS) is 33.1. The predicted molar refractivity (Wildman–Crippen MR) is 169 cm³/mol. The van der Waals surface area contributed by atoms with E-state index in [-0.39, 0.29) is 51.0 Å². The number of amides is 3. The second-order valence-electron chi connectivity index (χ2n) is 12.3. The average molecular weight is 702 g/mol. The molecule has 5 aliphatic heterocycles. The van der Waals surface area contributed by atoms with Gasteiger partial charge in [-0.15, -0.1) is 0 Å². The quantitative estimate of drug-likeness (QED) is 0.317. The number of likely N-dealkylation sites (tertiary alicyclic amines) is 1. The van der Waals surface area contributed by atoms with Crippen molar-refractivity contribution in [2.24, 2.45) is 11.8 Å². The second kappa shape index (κ2) is 14.3. The van der Waals surface area contributed by atoms with Crippen molar-refractivity contribution in [3.63, 3.8) is 0 Å². The summed E-state index contributed by atoms with van der Waals surface area (Å²) in [5.74, 6) is -3.33. The Hall–Kier alpha value is -3.10. The third-order valence-corrected chi connectivity index (χ3v) is 10.2. The Morgan fingerprint density at radius 2 is 1.78 bits per heavy atom. The van der Waals surface area contributed by atoms with Crippen LogP contribution in [0, 0.1) is 11.8 Å². The van der Waals surface area contributed by atoms with Crippen LogP contribution in [0.5, 0.6) is 0 Å². The highest BCUT2D eigenvalue weighted by Gasteiger charge is 2.74. The van der Waals surface area contributed by atoms with E-state index in [9.17, 15) is 24.3 Å². The van der Waals surface area contributed by atoms with Crippen molar-refractivity contribution in [2.45, 2.75) is 43.1 Å². The molecule has 248 valence electrons. The fourth-order valence-corrected chi connectivity index (χ4v) is 8.01. The Morgan fingerprint density at radius 1 is 1.00 bits per heavy atom. The number of rotatable bonds is 7. The van der Waals surface area contributed by atoms with Crippen LogP contribution < -0.4 is 5.32 Å². The van der Waals surface area contributed by atoms with Crippen LogP contribution in [0.4, 0.5) is 0 Å². The highest BCUT2D eigenvalue weighted by Crippen LogP contribution is 2.58. The van der Waals surface area contributed by atoms with Crippen LogP contribution in [0.2, 0.25) is 0 Å². The fraction of sp³-hybridized carbons (Fsp3) is 0.576. The summed E-state index contributed by atoms with van der Waals surface area (Å²) in [6.07, 6.45) is 5.62. The number of aliphatic hydroxyl groups is 1. The van der Waals surface area contributed by atoms with Crippen LogP contribution >= 0.6 is 15.9 Å². The van der Waals surface area contributed by atoms with E-state index in [2.05, 4.69) is 26.1 Å². The van der Waals surface area contributed by atoms with E-state index >= 15 is 0 Å². The van der Waals surface area contributed by atoms with Gasteiger partial charge in [-0.3, -0.25) is 24.1 Å². The number of benzene rings is 1. The molecule has 0 aliphatic carbocycles. The number of halogens is 1. The Balaban J connectivity index is 1.37. The number of aliphatic hydroxyl groups excluding tert-OH is 1. The summed E-state index contributed by atoms with van der Waals surface area (Å²) in [7, 11) is 0. The molecule has 6 atom stereocenters. The van der Waals surface area contributed by atoms with Crippen molar-refractivity contribution in [3.05, 3.63) is 58.6 Å². The van der Waals surface area contributed by atoms with Gasteiger partial charge in [0.2, 0.25) is 17.7 Å². The molecule has 12 nitrogen and oxygen atoms in total. The molecule has 3 amide bonds. The topological polar surface area (TPSA) is 138 Å². The monoisotopic (exact) mass is 700 g/mol.